The Morgan fingerprint density at radius 1 is 1.17 bits per heavy atom. The summed E-state index contributed by atoms with van der Waals surface area (Å²) in [5, 5.41) is 3.02. The maximum absolute atomic E-state index is 13.0. The van der Waals surface area contributed by atoms with Crippen molar-refractivity contribution in [2.45, 2.75) is 62.8 Å². The van der Waals surface area contributed by atoms with Crippen LogP contribution in [0.25, 0.3) is 0 Å². The standard InChI is InChI=1S/C13H20ClF2NO/c14-9-12(5-1-2-6-12)17-11(18)10-3-7-13(15,16)8-4-10/h10H,1-9H2,(H,17,18). The van der Waals surface area contributed by atoms with Crippen LogP contribution < -0.4 is 5.32 Å². The molecule has 0 saturated heterocycles. The van der Waals surface area contributed by atoms with E-state index in [4.69, 9.17) is 11.6 Å². The Morgan fingerprint density at radius 3 is 2.22 bits per heavy atom. The van der Waals surface area contributed by atoms with Gasteiger partial charge in [-0.15, -0.1) is 11.6 Å². The van der Waals surface area contributed by atoms with Gasteiger partial charge in [0.2, 0.25) is 11.8 Å². The molecule has 2 saturated carbocycles. The molecule has 2 aliphatic carbocycles. The van der Waals surface area contributed by atoms with Crippen LogP contribution in [0.15, 0.2) is 0 Å². The molecule has 2 nitrogen and oxygen atoms in total. The zero-order valence-electron chi connectivity index (χ0n) is 10.5. The summed E-state index contributed by atoms with van der Waals surface area (Å²) >= 11 is 5.96. The van der Waals surface area contributed by atoms with Gasteiger partial charge in [0.05, 0.1) is 5.54 Å². The summed E-state index contributed by atoms with van der Waals surface area (Å²) in [5.41, 5.74) is -0.279. The van der Waals surface area contributed by atoms with E-state index in [2.05, 4.69) is 5.32 Å². The first-order valence-electron chi connectivity index (χ1n) is 6.72. The fourth-order valence-corrected chi connectivity index (χ4v) is 3.34. The van der Waals surface area contributed by atoms with Gasteiger partial charge in [-0.3, -0.25) is 4.79 Å². The van der Waals surface area contributed by atoms with Crippen molar-refractivity contribution in [2.24, 2.45) is 5.92 Å². The average Bonchev–Trinajstić information content (AvgIpc) is 2.78. The lowest BCUT2D eigenvalue weighted by Gasteiger charge is -2.33. The molecule has 2 rings (SSSR count). The summed E-state index contributed by atoms with van der Waals surface area (Å²) in [6.07, 6.45) is 4.22. The third-order valence-electron chi connectivity index (χ3n) is 4.29. The Hall–Kier alpha value is -0.380. The topological polar surface area (TPSA) is 29.1 Å². The molecule has 0 spiro atoms. The molecule has 1 N–H and O–H groups in total. The van der Waals surface area contributed by atoms with Crippen LogP contribution in [-0.2, 0) is 4.79 Å². The molecule has 0 aromatic heterocycles. The summed E-state index contributed by atoms with van der Waals surface area (Å²) in [7, 11) is 0. The Morgan fingerprint density at radius 2 is 1.72 bits per heavy atom. The van der Waals surface area contributed by atoms with E-state index in [1.54, 1.807) is 0 Å². The van der Waals surface area contributed by atoms with Crippen LogP contribution in [0.1, 0.15) is 51.4 Å². The van der Waals surface area contributed by atoms with Crippen molar-refractivity contribution in [3.63, 3.8) is 0 Å². The molecule has 1 amide bonds. The molecule has 2 fully saturated rings. The predicted molar refractivity (Wildman–Crippen MR) is 67.0 cm³/mol. The van der Waals surface area contributed by atoms with Gasteiger partial charge < -0.3 is 5.32 Å². The Kier molecular flexibility index (Phi) is 4.15. The molecule has 0 unspecified atom stereocenters. The Labute approximate surface area is 111 Å². The molecule has 0 atom stereocenters. The second-order valence-electron chi connectivity index (χ2n) is 5.74. The summed E-state index contributed by atoms with van der Waals surface area (Å²) in [4.78, 5) is 12.1. The van der Waals surface area contributed by atoms with E-state index < -0.39 is 5.92 Å². The highest BCUT2D eigenvalue weighted by Crippen LogP contribution is 2.37. The molecule has 0 aromatic rings. The number of hydrogen-bond acceptors (Lipinski definition) is 1. The van der Waals surface area contributed by atoms with Crippen molar-refractivity contribution in [3.05, 3.63) is 0 Å². The van der Waals surface area contributed by atoms with Crippen molar-refractivity contribution < 1.29 is 13.6 Å². The lowest BCUT2D eigenvalue weighted by atomic mass is 9.85. The monoisotopic (exact) mass is 279 g/mol. The van der Waals surface area contributed by atoms with Gasteiger partial charge in [-0.2, -0.15) is 0 Å². The first-order valence-corrected chi connectivity index (χ1v) is 7.26. The highest BCUT2D eigenvalue weighted by Gasteiger charge is 2.40. The minimum Gasteiger partial charge on any atom is -0.349 e. The molecular weight excluding hydrogens is 260 g/mol. The van der Waals surface area contributed by atoms with Gasteiger partial charge in [-0.1, -0.05) is 12.8 Å². The van der Waals surface area contributed by atoms with E-state index in [0.717, 1.165) is 25.7 Å². The lowest BCUT2D eigenvalue weighted by Crippen LogP contribution is -2.50. The third-order valence-corrected chi connectivity index (χ3v) is 4.80. The maximum Gasteiger partial charge on any atom is 0.248 e. The molecule has 0 aromatic carbocycles. The zero-order valence-corrected chi connectivity index (χ0v) is 11.2. The summed E-state index contributed by atoms with van der Waals surface area (Å²) in [6.45, 7) is 0. The van der Waals surface area contributed by atoms with E-state index in [9.17, 15) is 13.6 Å². The Bertz CT molecular complexity index is 306. The number of amides is 1. The number of nitrogens with one attached hydrogen (secondary N) is 1. The van der Waals surface area contributed by atoms with Crippen LogP contribution in [0, 0.1) is 5.92 Å². The molecule has 0 aliphatic heterocycles. The van der Waals surface area contributed by atoms with Gasteiger partial charge >= 0.3 is 0 Å². The van der Waals surface area contributed by atoms with Crippen LogP contribution in [0.3, 0.4) is 0 Å². The number of alkyl halides is 3. The highest BCUT2D eigenvalue weighted by molar-refractivity contribution is 6.18. The van der Waals surface area contributed by atoms with Crippen molar-refractivity contribution in [3.8, 4) is 0 Å². The SMILES string of the molecule is O=C(NC1(CCl)CCCC1)C1CCC(F)(F)CC1. The predicted octanol–water partition coefficient (Wildman–Crippen LogP) is 3.48. The summed E-state index contributed by atoms with van der Waals surface area (Å²) < 4.78 is 26.1. The van der Waals surface area contributed by atoms with Crippen molar-refractivity contribution >= 4 is 17.5 Å². The van der Waals surface area contributed by atoms with Gasteiger partial charge in [-0.25, -0.2) is 8.78 Å². The fourth-order valence-electron chi connectivity index (χ4n) is 3.01. The van der Waals surface area contributed by atoms with Crippen LogP contribution in [-0.4, -0.2) is 23.2 Å². The molecule has 0 bridgehead atoms. The number of rotatable bonds is 3. The summed E-state index contributed by atoms with van der Waals surface area (Å²) in [6, 6.07) is 0. The number of hydrogen-bond donors (Lipinski definition) is 1. The number of halogens is 3. The first-order chi connectivity index (χ1) is 8.46. The first kappa shape index (κ1) is 14.0. The van der Waals surface area contributed by atoms with Crippen LogP contribution in [0.4, 0.5) is 8.78 Å². The highest BCUT2D eigenvalue weighted by atomic mass is 35.5. The lowest BCUT2D eigenvalue weighted by molar-refractivity contribution is -0.130. The zero-order chi connectivity index (χ0) is 13.2. The molecule has 18 heavy (non-hydrogen) atoms. The second kappa shape index (κ2) is 5.32. The van der Waals surface area contributed by atoms with E-state index in [-0.39, 0.29) is 43.0 Å². The van der Waals surface area contributed by atoms with Crippen LogP contribution in [0.2, 0.25) is 0 Å². The van der Waals surface area contributed by atoms with Gasteiger partial charge in [0.15, 0.2) is 0 Å². The minimum absolute atomic E-state index is 0.0759. The fraction of sp³-hybridized carbons (Fsp3) is 0.923. The van der Waals surface area contributed by atoms with Gasteiger partial charge in [0, 0.05) is 24.6 Å². The Balaban J connectivity index is 1.88. The van der Waals surface area contributed by atoms with Gasteiger partial charge in [-0.05, 0) is 25.7 Å². The minimum atomic E-state index is -2.58. The third kappa shape index (κ3) is 3.14. The maximum atomic E-state index is 13.0. The van der Waals surface area contributed by atoms with E-state index in [1.165, 1.54) is 0 Å². The van der Waals surface area contributed by atoms with Crippen molar-refractivity contribution in [1.82, 2.24) is 5.32 Å². The van der Waals surface area contributed by atoms with Crippen LogP contribution >= 0.6 is 11.6 Å². The average molecular weight is 280 g/mol. The van der Waals surface area contributed by atoms with E-state index in [1.807, 2.05) is 0 Å². The van der Waals surface area contributed by atoms with Crippen molar-refractivity contribution in [2.75, 3.05) is 5.88 Å². The molecule has 104 valence electrons. The summed E-state index contributed by atoms with van der Waals surface area (Å²) in [5.74, 6) is -2.49. The smallest absolute Gasteiger partial charge is 0.248 e. The molecular formula is C13H20ClF2NO. The van der Waals surface area contributed by atoms with Crippen molar-refractivity contribution in [1.29, 1.82) is 0 Å². The number of carbonyl (C=O) groups is 1. The second-order valence-corrected chi connectivity index (χ2v) is 6.01. The number of carbonyl (C=O) groups excluding carboxylic acids is 1. The van der Waals surface area contributed by atoms with Gasteiger partial charge in [0.1, 0.15) is 0 Å². The van der Waals surface area contributed by atoms with E-state index >= 15 is 0 Å². The quantitative estimate of drug-likeness (QED) is 0.788. The van der Waals surface area contributed by atoms with E-state index in [0.29, 0.717) is 5.88 Å². The van der Waals surface area contributed by atoms with Crippen LogP contribution in [0.5, 0.6) is 0 Å². The molecule has 5 heteroatoms. The largest absolute Gasteiger partial charge is 0.349 e. The normalized spacial score (nSPS) is 27.1. The molecule has 2 aliphatic rings. The molecule has 0 radical (unpaired) electrons. The van der Waals surface area contributed by atoms with Gasteiger partial charge in [0.25, 0.3) is 0 Å². The molecule has 0 heterocycles.